The smallest absolute Gasteiger partial charge is 0.224 e. The lowest BCUT2D eigenvalue weighted by Crippen LogP contribution is -2.12. The van der Waals surface area contributed by atoms with Gasteiger partial charge in [-0.3, -0.25) is 9.48 Å². The average molecular weight is 337 g/mol. The minimum Gasteiger partial charge on any atom is -0.323 e. The molecule has 1 aromatic heterocycles. The fourth-order valence-electron chi connectivity index (χ4n) is 2.61. The normalized spacial score (nSPS) is 10.6. The molecule has 4 nitrogen and oxygen atoms in total. The number of benzene rings is 2. The summed E-state index contributed by atoms with van der Waals surface area (Å²) in [4.78, 5) is 12.0. The molecule has 0 radical (unpaired) electrons. The lowest BCUT2D eigenvalue weighted by atomic mass is 10.1. The van der Waals surface area contributed by atoms with Crippen molar-refractivity contribution in [3.05, 3.63) is 83.9 Å². The van der Waals surface area contributed by atoms with Gasteiger partial charge in [0.15, 0.2) is 0 Å². The third kappa shape index (κ3) is 5.01. The zero-order valence-electron chi connectivity index (χ0n) is 13.9. The summed E-state index contributed by atoms with van der Waals surface area (Å²) >= 11 is 0. The minimum absolute atomic E-state index is 0.147. The molecule has 0 saturated carbocycles. The Hall–Kier alpha value is -2.95. The van der Waals surface area contributed by atoms with Crippen LogP contribution in [0.3, 0.4) is 0 Å². The average Bonchev–Trinajstić information content (AvgIpc) is 3.07. The van der Waals surface area contributed by atoms with Gasteiger partial charge in [-0.05, 0) is 30.0 Å². The highest BCUT2D eigenvalue weighted by molar-refractivity contribution is 5.90. The van der Waals surface area contributed by atoms with Crippen molar-refractivity contribution >= 4 is 11.6 Å². The molecule has 1 N–H and O–H groups in total. The van der Waals surface area contributed by atoms with Crippen molar-refractivity contribution in [3.63, 3.8) is 0 Å². The van der Waals surface area contributed by atoms with Gasteiger partial charge in [0.2, 0.25) is 5.91 Å². The quantitative estimate of drug-likeness (QED) is 0.712. The summed E-state index contributed by atoms with van der Waals surface area (Å²) in [6.45, 7) is 0.745. The zero-order chi connectivity index (χ0) is 17.5. The van der Waals surface area contributed by atoms with E-state index in [1.54, 1.807) is 29.1 Å². The fraction of sp³-hybridized carbons (Fsp3) is 0.200. The number of hydrogen-bond acceptors (Lipinski definition) is 2. The molecule has 128 valence electrons. The molecule has 0 spiro atoms. The van der Waals surface area contributed by atoms with E-state index in [4.69, 9.17) is 0 Å². The van der Waals surface area contributed by atoms with Crippen LogP contribution >= 0.6 is 0 Å². The van der Waals surface area contributed by atoms with Crippen molar-refractivity contribution in [3.8, 4) is 0 Å². The van der Waals surface area contributed by atoms with Gasteiger partial charge in [0.1, 0.15) is 5.82 Å². The molecule has 1 amide bonds. The lowest BCUT2D eigenvalue weighted by Gasteiger charge is -2.04. The maximum atomic E-state index is 13.5. The Labute approximate surface area is 146 Å². The number of aromatic nitrogens is 2. The van der Waals surface area contributed by atoms with E-state index >= 15 is 0 Å². The molecule has 0 aliphatic carbocycles. The number of rotatable bonds is 7. The Bertz CT molecular complexity index is 830. The maximum Gasteiger partial charge on any atom is 0.224 e. The third-order valence-corrected chi connectivity index (χ3v) is 3.97. The predicted octanol–water partition coefficient (Wildman–Crippen LogP) is 3.84. The molecule has 5 heteroatoms. The summed E-state index contributed by atoms with van der Waals surface area (Å²) in [5, 5.41) is 7.06. The number of amides is 1. The number of carbonyl (C=O) groups is 1. The first kappa shape index (κ1) is 16.9. The molecule has 0 atom stereocenters. The molecule has 0 bridgehead atoms. The number of nitrogens with one attached hydrogen (secondary N) is 1. The van der Waals surface area contributed by atoms with Crippen molar-refractivity contribution < 1.29 is 9.18 Å². The first-order chi connectivity index (χ1) is 12.2. The van der Waals surface area contributed by atoms with Crippen molar-refractivity contribution in [1.29, 1.82) is 0 Å². The number of aryl methyl sites for hydroxylation is 3. The van der Waals surface area contributed by atoms with Gasteiger partial charge in [-0.25, -0.2) is 4.39 Å². The number of nitrogens with zero attached hydrogens (tertiary/aromatic N) is 2. The summed E-state index contributed by atoms with van der Waals surface area (Å²) in [5.41, 5.74) is 2.45. The molecule has 0 aliphatic heterocycles. The van der Waals surface area contributed by atoms with Crippen molar-refractivity contribution in [2.75, 3.05) is 5.32 Å². The minimum atomic E-state index is -0.274. The van der Waals surface area contributed by atoms with Crippen LogP contribution in [0, 0.1) is 5.82 Å². The Kier molecular flexibility index (Phi) is 5.57. The zero-order valence-corrected chi connectivity index (χ0v) is 13.9. The molecule has 2 aromatic carbocycles. The second-order valence-electron chi connectivity index (χ2n) is 5.87. The monoisotopic (exact) mass is 337 g/mol. The van der Waals surface area contributed by atoms with E-state index in [1.165, 1.54) is 11.6 Å². The summed E-state index contributed by atoms with van der Waals surface area (Å²) in [5.74, 6) is -0.421. The van der Waals surface area contributed by atoms with Crippen molar-refractivity contribution in [2.24, 2.45) is 0 Å². The number of halogens is 1. The topological polar surface area (TPSA) is 46.9 Å². The van der Waals surface area contributed by atoms with E-state index in [9.17, 15) is 9.18 Å². The van der Waals surface area contributed by atoms with Gasteiger partial charge in [0.25, 0.3) is 0 Å². The first-order valence-corrected chi connectivity index (χ1v) is 8.30. The van der Waals surface area contributed by atoms with Gasteiger partial charge in [-0.1, -0.05) is 48.5 Å². The first-order valence-electron chi connectivity index (χ1n) is 8.30. The second kappa shape index (κ2) is 8.24. The van der Waals surface area contributed by atoms with Gasteiger partial charge >= 0.3 is 0 Å². The van der Waals surface area contributed by atoms with E-state index in [2.05, 4.69) is 22.5 Å². The van der Waals surface area contributed by atoms with Crippen LogP contribution in [-0.4, -0.2) is 15.7 Å². The molecule has 0 saturated heterocycles. The van der Waals surface area contributed by atoms with Crippen LogP contribution in [0.25, 0.3) is 0 Å². The molecule has 1 heterocycles. The predicted molar refractivity (Wildman–Crippen MR) is 95.7 cm³/mol. The third-order valence-electron chi connectivity index (χ3n) is 3.97. The molecule has 3 rings (SSSR count). The summed E-state index contributed by atoms with van der Waals surface area (Å²) in [7, 11) is 0. The van der Waals surface area contributed by atoms with Crippen LogP contribution in [0.1, 0.15) is 17.5 Å². The number of hydrogen-bond donors (Lipinski definition) is 1. The SMILES string of the molecule is O=C(CCc1ccccc1F)Nc1cnn(CCc2ccccc2)c1. The Morgan fingerprint density at radius 1 is 1.04 bits per heavy atom. The van der Waals surface area contributed by atoms with Gasteiger partial charge in [0.05, 0.1) is 11.9 Å². The van der Waals surface area contributed by atoms with E-state index in [-0.39, 0.29) is 18.1 Å². The Morgan fingerprint density at radius 2 is 1.80 bits per heavy atom. The molecule has 0 unspecified atom stereocenters. The Morgan fingerprint density at radius 3 is 2.60 bits per heavy atom. The van der Waals surface area contributed by atoms with Crippen LogP contribution in [-0.2, 0) is 24.2 Å². The van der Waals surface area contributed by atoms with E-state index in [0.29, 0.717) is 17.7 Å². The number of carbonyl (C=O) groups excluding carboxylic acids is 1. The molecule has 25 heavy (non-hydrogen) atoms. The molecule has 3 aromatic rings. The summed E-state index contributed by atoms with van der Waals surface area (Å²) < 4.78 is 15.4. The highest BCUT2D eigenvalue weighted by atomic mass is 19.1. The molecule has 0 aliphatic rings. The fourth-order valence-corrected chi connectivity index (χ4v) is 2.61. The van der Waals surface area contributed by atoms with Crippen LogP contribution < -0.4 is 5.32 Å². The van der Waals surface area contributed by atoms with Crippen molar-refractivity contribution in [2.45, 2.75) is 25.8 Å². The lowest BCUT2D eigenvalue weighted by molar-refractivity contribution is -0.116. The number of anilines is 1. The molecular formula is C20H20FN3O. The second-order valence-corrected chi connectivity index (χ2v) is 5.87. The Balaban J connectivity index is 1.47. The van der Waals surface area contributed by atoms with Crippen LogP contribution in [0.15, 0.2) is 67.0 Å². The maximum absolute atomic E-state index is 13.5. The van der Waals surface area contributed by atoms with Crippen LogP contribution in [0.5, 0.6) is 0 Å². The standard InChI is InChI=1S/C20H20FN3O/c21-19-9-5-4-8-17(19)10-11-20(25)23-18-14-22-24(15-18)13-12-16-6-2-1-3-7-16/h1-9,14-15H,10-13H2,(H,23,25). The summed E-state index contributed by atoms with van der Waals surface area (Å²) in [6, 6.07) is 16.7. The molecular weight excluding hydrogens is 317 g/mol. The summed E-state index contributed by atoms with van der Waals surface area (Å²) in [6.07, 6.45) is 4.93. The van der Waals surface area contributed by atoms with Gasteiger partial charge in [-0.2, -0.15) is 5.10 Å². The van der Waals surface area contributed by atoms with Crippen LogP contribution in [0.4, 0.5) is 10.1 Å². The van der Waals surface area contributed by atoms with Gasteiger partial charge < -0.3 is 5.32 Å². The van der Waals surface area contributed by atoms with Gasteiger partial charge in [-0.15, -0.1) is 0 Å². The van der Waals surface area contributed by atoms with E-state index in [1.807, 2.05) is 24.4 Å². The largest absolute Gasteiger partial charge is 0.323 e. The van der Waals surface area contributed by atoms with Crippen molar-refractivity contribution in [1.82, 2.24) is 9.78 Å². The molecule has 0 fully saturated rings. The van der Waals surface area contributed by atoms with Gasteiger partial charge in [0, 0.05) is 19.2 Å². The van der Waals surface area contributed by atoms with E-state index < -0.39 is 0 Å². The highest BCUT2D eigenvalue weighted by Crippen LogP contribution is 2.11. The highest BCUT2D eigenvalue weighted by Gasteiger charge is 2.07. The van der Waals surface area contributed by atoms with E-state index in [0.717, 1.165) is 13.0 Å². The van der Waals surface area contributed by atoms with Crippen LogP contribution in [0.2, 0.25) is 0 Å².